The van der Waals surface area contributed by atoms with E-state index >= 15 is 0 Å². The number of piperazine rings is 1. The van der Waals surface area contributed by atoms with Crippen LogP contribution in [-0.4, -0.2) is 50.2 Å². The van der Waals surface area contributed by atoms with Crippen molar-refractivity contribution in [2.45, 2.75) is 20.3 Å². The van der Waals surface area contributed by atoms with E-state index in [1.165, 1.54) is 6.42 Å². The van der Waals surface area contributed by atoms with E-state index in [1.807, 2.05) is 12.1 Å². The molecule has 1 saturated heterocycles. The first-order chi connectivity index (χ1) is 10.2. The summed E-state index contributed by atoms with van der Waals surface area (Å²) in [6.45, 7) is 9.46. The Morgan fingerprint density at radius 3 is 2.57 bits per heavy atom. The topological polar surface area (TPSA) is 58.8 Å². The smallest absolute Gasteiger partial charge is 0.340 e. The molecule has 1 aliphatic rings. The zero-order valence-electron chi connectivity index (χ0n) is 13.0. The molecule has 1 aliphatic heterocycles. The second-order valence-corrected chi connectivity index (χ2v) is 5.29. The summed E-state index contributed by atoms with van der Waals surface area (Å²) in [5, 5.41) is 0. The second-order valence-electron chi connectivity index (χ2n) is 5.29. The van der Waals surface area contributed by atoms with Gasteiger partial charge in [0.25, 0.3) is 0 Å². The molecule has 0 aromatic heterocycles. The first-order valence-corrected chi connectivity index (χ1v) is 7.70. The highest BCUT2D eigenvalue weighted by atomic mass is 16.5. The molecule has 1 aromatic carbocycles. The molecule has 2 N–H and O–H groups in total. The Bertz CT molecular complexity index is 482. The first-order valence-electron chi connectivity index (χ1n) is 7.70. The van der Waals surface area contributed by atoms with Crippen LogP contribution in [0.15, 0.2) is 18.2 Å². The summed E-state index contributed by atoms with van der Waals surface area (Å²) >= 11 is 0. The van der Waals surface area contributed by atoms with Crippen LogP contribution >= 0.6 is 0 Å². The lowest BCUT2D eigenvalue weighted by molar-refractivity contribution is 0.0527. The SMILES string of the molecule is CCCN1CCN(c2cccc(C(=O)OCC)c2N)CC1. The number of carbonyl (C=O) groups is 1. The van der Waals surface area contributed by atoms with Crippen LogP contribution in [0.3, 0.4) is 0 Å². The number of ether oxygens (including phenoxy) is 1. The number of esters is 1. The molecule has 116 valence electrons. The van der Waals surface area contributed by atoms with Gasteiger partial charge in [-0.3, -0.25) is 4.90 Å². The predicted molar refractivity (Wildman–Crippen MR) is 85.8 cm³/mol. The van der Waals surface area contributed by atoms with Crippen LogP contribution in [0.25, 0.3) is 0 Å². The van der Waals surface area contributed by atoms with E-state index in [-0.39, 0.29) is 5.97 Å². The lowest BCUT2D eigenvalue weighted by Gasteiger charge is -2.36. The third kappa shape index (κ3) is 3.67. The number of nitrogens with zero attached hydrogens (tertiary/aromatic N) is 2. The van der Waals surface area contributed by atoms with Gasteiger partial charge in [-0.05, 0) is 32.0 Å². The average molecular weight is 291 g/mol. The molecule has 0 amide bonds. The third-order valence-electron chi connectivity index (χ3n) is 3.83. The highest BCUT2D eigenvalue weighted by Gasteiger charge is 2.21. The molecule has 0 unspecified atom stereocenters. The van der Waals surface area contributed by atoms with E-state index in [2.05, 4.69) is 16.7 Å². The molecule has 0 saturated carbocycles. The maximum atomic E-state index is 11.9. The van der Waals surface area contributed by atoms with Gasteiger partial charge in [0.2, 0.25) is 0 Å². The number of para-hydroxylation sites is 1. The van der Waals surface area contributed by atoms with Crippen molar-refractivity contribution in [2.75, 3.05) is 50.0 Å². The molecule has 0 bridgehead atoms. The number of benzene rings is 1. The minimum absolute atomic E-state index is 0.346. The van der Waals surface area contributed by atoms with E-state index in [1.54, 1.807) is 13.0 Å². The number of anilines is 2. The van der Waals surface area contributed by atoms with Gasteiger partial charge in [0.15, 0.2) is 0 Å². The summed E-state index contributed by atoms with van der Waals surface area (Å²) in [5.41, 5.74) is 8.11. The highest BCUT2D eigenvalue weighted by Crippen LogP contribution is 2.28. The molecular weight excluding hydrogens is 266 g/mol. The minimum Gasteiger partial charge on any atom is -0.462 e. The molecule has 5 heteroatoms. The largest absolute Gasteiger partial charge is 0.462 e. The van der Waals surface area contributed by atoms with Crippen molar-refractivity contribution in [1.82, 2.24) is 4.90 Å². The summed E-state index contributed by atoms with van der Waals surface area (Å²) in [6, 6.07) is 5.58. The molecule has 21 heavy (non-hydrogen) atoms. The summed E-state index contributed by atoms with van der Waals surface area (Å²) in [4.78, 5) is 16.6. The van der Waals surface area contributed by atoms with Gasteiger partial charge in [0.05, 0.1) is 23.5 Å². The molecule has 0 spiro atoms. The Labute approximate surface area is 126 Å². The number of hydrogen-bond acceptors (Lipinski definition) is 5. The van der Waals surface area contributed by atoms with Crippen LogP contribution in [0.4, 0.5) is 11.4 Å². The van der Waals surface area contributed by atoms with Gasteiger partial charge in [-0.2, -0.15) is 0 Å². The second kappa shape index (κ2) is 7.31. The molecule has 0 atom stereocenters. The molecule has 1 fully saturated rings. The van der Waals surface area contributed by atoms with Crippen LogP contribution < -0.4 is 10.6 Å². The van der Waals surface area contributed by atoms with Crippen molar-refractivity contribution in [3.05, 3.63) is 23.8 Å². The van der Waals surface area contributed by atoms with E-state index in [9.17, 15) is 4.79 Å². The van der Waals surface area contributed by atoms with Crippen molar-refractivity contribution >= 4 is 17.3 Å². The first kappa shape index (κ1) is 15.6. The molecule has 1 heterocycles. The van der Waals surface area contributed by atoms with E-state index in [0.29, 0.717) is 17.9 Å². The van der Waals surface area contributed by atoms with Gasteiger partial charge in [-0.1, -0.05) is 13.0 Å². The zero-order chi connectivity index (χ0) is 15.2. The van der Waals surface area contributed by atoms with Gasteiger partial charge in [-0.25, -0.2) is 4.79 Å². The van der Waals surface area contributed by atoms with Gasteiger partial charge in [0, 0.05) is 26.2 Å². The molecule has 0 aliphatic carbocycles. The molecule has 0 radical (unpaired) electrons. The molecule has 2 rings (SSSR count). The van der Waals surface area contributed by atoms with Gasteiger partial charge < -0.3 is 15.4 Å². The van der Waals surface area contributed by atoms with E-state index in [4.69, 9.17) is 10.5 Å². The fourth-order valence-corrected chi connectivity index (χ4v) is 2.74. The summed E-state index contributed by atoms with van der Waals surface area (Å²) in [6.07, 6.45) is 1.18. The zero-order valence-corrected chi connectivity index (χ0v) is 13.0. The van der Waals surface area contributed by atoms with Gasteiger partial charge >= 0.3 is 5.97 Å². The summed E-state index contributed by atoms with van der Waals surface area (Å²) in [7, 11) is 0. The number of carbonyl (C=O) groups excluding carboxylic acids is 1. The Kier molecular flexibility index (Phi) is 5.44. The van der Waals surface area contributed by atoms with Crippen LogP contribution in [0.5, 0.6) is 0 Å². The number of nitrogens with two attached hydrogens (primary N) is 1. The molecule has 1 aromatic rings. The minimum atomic E-state index is -0.346. The van der Waals surface area contributed by atoms with Gasteiger partial charge in [-0.15, -0.1) is 0 Å². The Morgan fingerprint density at radius 1 is 1.24 bits per heavy atom. The Morgan fingerprint density at radius 2 is 1.95 bits per heavy atom. The third-order valence-corrected chi connectivity index (χ3v) is 3.83. The van der Waals surface area contributed by atoms with E-state index in [0.717, 1.165) is 38.4 Å². The predicted octanol–water partition coefficient (Wildman–Crippen LogP) is 1.98. The maximum Gasteiger partial charge on any atom is 0.340 e. The maximum absolute atomic E-state index is 11.9. The number of nitrogen functional groups attached to an aromatic ring is 1. The van der Waals surface area contributed by atoms with E-state index < -0.39 is 0 Å². The fraction of sp³-hybridized carbons (Fsp3) is 0.562. The van der Waals surface area contributed by atoms with Crippen molar-refractivity contribution in [3.8, 4) is 0 Å². The van der Waals surface area contributed by atoms with Crippen molar-refractivity contribution in [1.29, 1.82) is 0 Å². The van der Waals surface area contributed by atoms with Crippen LogP contribution in [0.1, 0.15) is 30.6 Å². The molecule has 5 nitrogen and oxygen atoms in total. The fourth-order valence-electron chi connectivity index (χ4n) is 2.74. The van der Waals surface area contributed by atoms with Crippen molar-refractivity contribution in [3.63, 3.8) is 0 Å². The van der Waals surface area contributed by atoms with Crippen LogP contribution in [-0.2, 0) is 4.74 Å². The highest BCUT2D eigenvalue weighted by molar-refractivity contribution is 5.98. The normalized spacial score (nSPS) is 16.0. The summed E-state index contributed by atoms with van der Waals surface area (Å²) in [5.74, 6) is -0.346. The number of rotatable bonds is 5. The number of hydrogen-bond donors (Lipinski definition) is 1. The van der Waals surface area contributed by atoms with Crippen LogP contribution in [0, 0.1) is 0 Å². The van der Waals surface area contributed by atoms with Gasteiger partial charge in [0.1, 0.15) is 0 Å². The quantitative estimate of drug-likeness (QED) is 0.664. The average Bonchev–Trinajstić information content (AvgIpc) is 2.49. The standard InChI is InChI=1S/C16H25N3O2/c1-3-8-18-9-11-19(12-10-18)14-7-5-6-13(15(14)17)16(20)21-4-2/h5-7H,3-4,8-12,17H2,1-2H3. The Hall–Kier alpha value is -1.75. The summed E-state index contributed by atoms with van der Waals surface area (Å²) < 4.78 is 5.05. The Balaban J connectivity index is 2.11. The molecular formula is C16H25N3O2. The lowest BCUT2D eigenvalue weighted by atomic mass is 10.1. The van der Waals surface area contributed by atoms with Crippen molar-refractivity contribution < 1.29 is 9.53 Å². The lowest BCUT2D eigenvalue weighted by Crippen LogP contribution is -2.46. The van der Waals surface area contributed by atoms with Crippen LogP contribution in [0.2, 0.25) is 0 Å². The monoisotopic (exact) mass is 291 g/mol. The van der Waals surface area contributed by atoms with Crippen molar-refractivity contribution in [2.24, 2.45) is 0 Å².